The maximum Gasteiger partial charge on any atom is 0.329 e. The predicted octanol–water partition coefficient (Wildman–Crippen LogP) is 3.74. The van der Waals surface area contributed by atoms with Gasteiger partial charge in [-0.05, 0) is 38.7 Å². The van der Waals surface area contributed by atoms with E-state index in [2.05, 4.69) is 22.4 Å². The van der Waals surface area contributed by atoms with E-state index in [4.69, 9.17) is 14.2 Å². The lowest BCUT2D eigenvalue weighted by Crippen LogP contribution is -2.45. The van der Waals surface area contributed by atoms with Gasteiger partial charge in [0.25, 0.3) is 5.91 Å². The van der Waals surface area contributed by atoms with E-state index in [0.29, 0.717) is 25.7 Å². The van der Waals surface area contributed by atoms with Gasteiger partial charge in [-0.25, -0.2) is 9.78 Å². The van der Waals surface area contributed by atoms with Crippen molar-refractivity contribution in [2.45, 2.75) is 71.6 Å². The Bertz CT molecular complexity index is 1100. The summed E-state index contributed by atoms with van der Waals surface area (Å²) in [7, 11) is 1.36. The fraction of sp³-hybridized carbons (Fsp3) is 0.500. The molecule has 1 saturated heterocycles. The number of ether oxygens (including phenoxy) is 3. The molecule has 2 N–H and O–H groups in total. The van der Waals surface area contributed by atoms with Crippen molar-refractivity contribution < 1.29 is 33.7 Å². The molecule has 1 amide bonds. The summed E-state index contributed by atoms with van der Waals surface area (Å²) in [6.07, 6.45) is 2.16. The molecule has 0 bridgehead atoms. The van der Waals surface area contributed by atoms with E-state index in [-0.39, 0.29) is 29.2 Å². The topological polar surface area (TPSA) is 124 Å². The third-order valence-electron chi connectivity index (χ3n) is 6.55. The zero-order valence-corrected chi connectivity index (χ0v) is 22.0. The van der Waals surface area contributed by atoms with Crippen molar-refractivity contribution in [3.63, 3.8) is 0 Å². The van der Waals surface area contributed by atoms with E-state index >= 15 is 0 Å². The number of esters is 2. The number of carbonyl (C=O) groups excluding carboxylic acids is 3. The van der Waals surface area contributed by atoms with Crippen LogP contribution in [0, 0.1) is 18.8 Å². The van der Waals surface area contributed by atoms with Crippen LogP contribution in [0.3, 0.4) is 0 Å². The van der Waals surface area contributed by atoms with Crippen LogP contribution in [0.5, 0.6) is 11.5 Å². The molecule has 9 nitrogen and oxygen atoms in total. The Labute approximate surface area is 217 Å². The maximum absolute atomic E-state index is 13.1. The molecule has 0 aliphatic carbocycles. The third-order valence-corrected chi connectivity index (χ3v) is 6.55. The summed E-state index contributed by atoms with van der Waals surface area (Å²) in [6, 6.07) is 8.65. The first-order chi connectivity index (χ1) is 17.6. The number of nitrogens with zero attached hydrogens (tertiary/aromatic N) is 1. The minimum Gasteiger partial charge on any atom is -0.503 e. The molecule has 4 atom stereocenters. The largest absolute Gasteiger partial charge is 0.503 e. The fourth-order valence-electron chi connectivity index (χ4n) is 4.41. The van der Waals surface area contributed by atoms with Crippen molar-refractivity contribution in [2.24, 2.45) is 11.8 Å². The molecule has 200 valence electrons. The van der Waals surface area contributed by atoms with Gasteiger partial charge in [0.15, 0.2) is 17.2 Å². The van der Waals surface area contributed by atoms with Gasteiger partial charge < -0.3 is 24.6 Å². The maximum atomic E-state index is 13.1. The van der Waals surface area contributed by atoms with Gasteiger partial charge in [0.2, 0.25) is 0 Å². The Kier molecular flexibility index (Phi) is 9.49. The number of pyridine rings is 1. The number of aromatic nitrogens is 1. The third kappa shape index (κ3) is 7.21. The summed E-state index contributed by atoms with van der Waals surface area (Å²) in [5.41, 5.74) is 2.00. The Morgan fingerprint density at radius 1 is 1.19 bits per heavy atom. The van der Waals surface area contributed by atoms with Crippen LogP contribution in [0.1, 0.15) is 61.6 Å². The lowest BCUT2D eigenvalue weighted by Gasteiger charge is -2.31. The molecule has 1 aromatic carbocycles. The smallest absolute Gasteiger partial charge is 0.329 e. The monoisotopic (exact) mass is 512 g/mol. The SMILES string of the molecule is COc1ccnc(C(=O)N[C@H]2CCC[C@H](Cc3ccc(C)cc3)[C@@H](OC(=O)C(C)C)[C@H](C)OC2=O)c1O. The molecule has 9 heteroatoms. The van der Waals surface area contributed by atoms with Gasteiger partial charge in [-0.1, -0.05) is 50.1 Å². The number of cyclic esters (lactones) is 1. The number of benzene rings is 1. The van der Waals surface area contributed by atoms with Gasteiger partial charge >= 0.3 is 11.9 Å². The number of nitrogens with one attached hydrogen (secondary N) is 1. The molecule has 2 aromatic rings. The Hall–Kier alpha value is -3.62. The van der Waals surface area contributed by atoms with Crippen molar-refractivity contribution in [1.82, 2.24) is 10.3 Å². The molecular weight excluding hydrogens is 476 g/mol. The molecule has 1 aliphatic rings. The van der Waals surface area contributed by atoms with Crippen LogP contribution in [0.2, 0.25) is 0 Å². The highest BCUT2D eigenvalue weighted by molar-refractivity contribution is 5.97. The molecule has 3 rings (SSSR count). The van der Waals surface area contributed by atoms with Crippen LogP contribution < -0.4 is 10.1 Å². The Morgan fingerprint density at radius 2 is 1.89 bits per heavy atom. The number of hydrogen-bond acceptors (Lipinski definition) is 8. The van der Waals surface area contributed by atoms with E-state index in [1.165, 1.54) is 19.4 Å². The average molecular weight is 513 g/mol. The van der Waals surface area contributed by atoms with E-state index in [1.807, 2.05) is 19.1 Å². The second-order valence-corrected chi connectivity index (χ2v) is 9.82. The van der Waals surface area contributed by atoms with Crippen molar-refractivity contribution in [3.05, 3.63) is 53.3 Å². The standard InChI is InChI=1S/C28H36N2O7/c1-16(2)27(33)37-25-18(4)36-28(34)21(30-26(32)23-24(31)22(35-5)13-14-29-23)8-6-7-20(25)15-19-11-9-17(3)10-12-19/h9-14,16,18,20-21,25,31H,6-8,15H2,1-5H3,(H,30,32)/t18-,20+,21-,25-/m0/s1. The highest BCUT2D eigenvalue weighted by Gasteiger charge is 2.37. The van der Waals surface area contributed by atoms with Crippen LogP contribution in [0.15, 0.2) is 36.5 Å². The molecule has 0 unspecified atom stereocenters. The summed E-state index contributed by atoms with van der Waals surface area (Å²) >= 11 is 0. The van der Waals surface area contributed by atoms with E-state index in [9.17, 15) is 19.5 Å². The van der Waals surface area contributed by atoms with Crippen molar-refractivity contribution in [2.75, 3.05) is 7.11 Å². The number of aryl methyl sites for hydroxylation is 1. The minimum atomic E-state index is -0.957. The first kappa shape index (κ1) is 28.0. The molecule has 0 saturated carbocycles. The number of hydrogen-bond donors (Lipinski definition) is 2. The average Bonchev–Trinajstić information content (AvgIpc) is 2.91. The van der Waals surface area contributed by atoms with Crippen molar-refractivity contribution >= 4 is 17.8 Å². The number of aromatic hydroxyl groups is 1. The summed E-state index contributed by atoms with van der Waals surface area (Å²) in [6.45, 7) is 7.25. The summed E-state index contributed by atoms with van der Waals surface area (Å²) in [5, 5.41) is 12.9. The quantitative estimate of drug-likeness (QED) is 0.538. The molecule has 1 aromatic heterocycles. The van der Waals surface area contributed by atoms with Crippen molar-refractivity contribution in [3.8, 4) is 11.5 Å². The number of methoxy groups -OCH3 is 1. The van der Waals surface area contributed by atoms with Crippen LogP contribution in [-0.4, -0.2) is 53.3 Å². The van der Waals surface area contributed by atoms with E-state index < -0.39 is 35.9 Å². The molecule has 0 spiro atoms. The zero-order chi connectivity index (χ0) is 27.1. The first-order valence-corrected chi connectivity index (χ1v) is 12.6. The van der Waals surface area contributed by atoms with E-state index in [0.717, 1.165) is 11.1 Å². The fourth-order valence-corrected chi connectivity index (χ4v) is 4.41. The van der Waals surface area contributed by atoms with Crippen LogP contribution in [0.25, 0.3) is 0 Å². The van der Waals surface area contributed by atoms with Gasteiger partial charge in [0.05, 0.1) is 13.0 Å². The Morgan fingerprint density at radius 3 is 2.54 bits per heavy atom. The normalized spacial score (nSPS) is 22.3. The van der Waals surface area contributed by atoms with Crippen LogP contribution in [0.4, 0.5) is 0 Å². The lowest BCUT2D eigenvalue weighted by molar-refractivity contribution is -0.173. The van der Waals surface area contributed by atoms with Crippen molar-refractivity contribution in [1.29, 1.82) is 0 Å². The van der Waals surface area contributed by atoms with Gasteiger partial charge in [-0.15, -0.1) is 0 Å². The lowest BCUT2D eigenvalue weighted by atomic mass is 9.86. The molecule has 37 heavy (non-hydrogen) atoms. The first-order valence-electron chi connectivity index (χ1n) is 12.6. The highest BCUT2D eigenvalue weighted by atomic mass is 16.6. The van der Waals surface area contributed by atoms with Crippen LogP contribution in [-0.2, 0) is 25.5 Å². The minimum absolute atomic E-state index is 0.0910. The molecule has 0 radical (unpaired) electrons. The highest BCUT2D eigenvalue weighted by Crippen LogP contribution is 2.30. The zero-order valence-electron chi connectivity index (χ0n) is 22.0. The molecule has 1 aliphatic heterocycles. The van der Waals surface area contributed by atoms with Crippen LogP contribution >= 0.6 is 0 Å². The summed E-state index contributed by atoms with van der Waals surface area (Å²) in [5.74, 6) is -2.44. The van der Waals surface area contributed by atoms with Gasteiger partial charge in [-0.2, -0.15) is 0 Å². The number of amides is 1. The Balaban J connectivity index is 1.82. The number of carbonyl (C=O) groups is 3. The van der Waals surface area contributed by atoms with Gasteiger partial charge in [0.1, 0.15) is 18.2 Å². The number of rotatable bonds is 7. The molecular formula is C28H36N2O7. The van der Waals surface area contributed by atoms with Gasteiger partial charge in [0, 0.05) is 18.2 Å². The van der Waals surface area contributed by atoms with E-state index in [1.54, 1.807) is 20.8 Å². The van der Waals surface area contributed by atoms with Gasteiger partial charge in [-0.3, -0.25) is 9.59 Å². The predicted molar refractivity (Wildman–Crippen MR) is 136 cm³/mol. The second kappa shape index (κ2) is 12.6. The molecule has 2 heterocycles. The summed E-state index contributed by atoms with van der Waals surface area (Å²) in [4.78, 5) is 42.4. The summed E-state index contributed by atoms with van der Waals surface area (Å²) < 4.78 is 16.7. The second-order valence-electron chi connectivity index (χ2n) is 9.82. The molecule has 1 fully saturated rings.